The quantitative estimate of drug-likeness (QED) is 0.739. The monoisotopic (exact) mass is 288 g/mol. The van der Waals surface area contributed by atoms with Crippen molar-refractivity contribution < 1.29 is 20.1 Å². The molecule has 2 aromatic rings. The minimum Gasteiger partial charge on any atom is -0.508 e. The lowest BCUT2D eigenvalue weighted by atomic mass is 9.78. The minimum absolute atomic E-state index is 0.220. The van der Waals surface area contributed by atoms with E-state index in [1.165, 1.54) is 0 Å². The highest BCUT2D eigenvalue weighted by Gasteiger charge is 2.23. The van der Waals surface area contributed by atoms with Crippen LogP contribution in [-0.4, -0.2) is 28.2 Å². The zero-order valence-electron chi connectivity index (χ0n) is 12.2. The zero-order valence-corrected chi connectivity index (χ0v) is 12.2. The van der Waals surface area contributed by atoms with Gasteiger partial charge in [0.1, 0.15) is 18.1 Å². The van der Waals surface area contributed by atoms with Crippen LogP contribution in [0.4, 0.5) is 0 Å². The second-order valence-electron chi connectivity index (χ2n) is 5.45. The lowest BCUT2D eigenvalue weighted by Gasteiger charge is -2.26. The van der Waals surface area contributed by atoms with Crippen LogP contribution in [0.5, 0.6) is 11.5 Å². The SMILES string of the molecule is CC(C)(c1ccc(O)cc1)c1ccc(OC(O)CO)cc1. The summed E-state index contributed by atoms with van der Waals surface area (Å²) in [5, 5.41) is 27.4. The summed E-state index contributed by atoms with van der Waals surface area (Å²) in [6, 6.07) is 14.5. The van der Waals surface area contributed by atoms with Gasteiger partial charge in [-0.25, -0.2) is 0 Å². The van der Waals surface area contributed by atoms with E-state index in [0.29, 0.717) is 5.75 Å². The molecule has 3 N–H and O–H groups in total. The average Bonchev–Trinajstić information content (AvgIpc) is 2.48. The molecule has 2 rings (SSSR count). The number of aliphatic hydroxyl groups is 2. The molecule has 0 amide bonds. The number of benzene rings is 2. The summed E-state index contributed by atoms with van der Waals surface area (Å²) in [5.41, 5.74) is 1.95. The van der Waals surface area contributed by atoms with Crippen LogP contribution in [0.2, 0.25) is 0 Å². The van der Waals surface area contributed by atoms with Gasteiger partial charge in [0.2, 0.25) is 6.29 Å². The van der Waals surface area contributed by atoms with Gasteiger partial charge in [-0.3, -0.25) is 0 Å². The van der Waals surface area contributed by atoms with Gasteiger partial charge in [-0.1, -0.05) is 38.1 Å². The van der Waals surface area contributed by atoms with E-state index in [1.54, 1.807) is 24.3 Å². The number of hydrogen-bond donors (Lipinski definition) is 3. The van der Waals surface area contributed by atoms with Crippen LogP contribution in [0.1, 0.15) is 25.0 Å². The first-order valence-electron chi connectivity index (χ1n) is 6.79. The van der Waals surface area contributed by atoms with E-state index in [2.05, 4.69) is 13.8 Å². The molecule has 0 bridgehead atoms. The molecule has 1 atom stereocenters. The van der Waals surface area contributed by atoms with Crippen LogP contribution in [-0.2, 0) is 5.41 Å². The van der Waals surface area contributed by atoms with Crippen molar-refractivity contribution in [2.24, 2.45) is 0 Å². The maximum Gasteiger partial charge on any atom is 0.220 e. The molecule has 0 spiro atoms. The Morgan fingerprint density at radius 2 is 1.43 bits per heavy atom. The first-order chi connectivity index (χ1) is 9.93. The Labute approximate surface area is 124 Å². The van der Waals surface area contributed by atoms with Gasteiger partial charge in [0.15, 0.2) is 0 Å². The zero-order chi connectivity index (χ0) is 15.5. The molecule has 0 radical (unpaired) electrons. The number of rotatable bonds is 5. The lowest BCUT2D eigenvalue weighted by molar-refractivity contribution is -0.0548. The molecule has 1 unspecified atom stereocenters. The lowest BCUT2D eigenvalue weighted by Crippen LogP contribution is -2.20. The van der Waals surface area contributed by atoms with Gasteiger partial charge in [0.25, 0.3) is 0 Å². The predicted octanol–water partition coefficient (Wildman–Crippen LogP) is 2.41. The van der Waals surface area contributed by atoms with Crippen LogP contribution in [0.15, 0.2) is 48.5 Å². The Balaban J connectivity index is 2.22. The summed E-state index contributed by atoms with van der Waals surface area (Å²) in [6.07, 6.45) is -1.21. The summed E-state index contributed by atoms with van der Waals surface area (Å²) in [5.74, 6) is 0.748. The molecule has 0 aliphatic rings. The number of hydrogen-bond acceptors (Lipinski definition) is 4. The van der Waals surface area contributed by atoms with Gasteiger partial charge in [-0.2, -0.15) is 0 Å². The van der Waals surface area contributed by atoms with Crippen LogP contribution < -0.4 is 4.74 Å². The van der Waals surface area contributed by atoms with Crippen molar-refractivity contribution >= 4 is 0 Å². The second kappa shape index (κ2) is 6.16. The Morgan fingerprint density at radius 3 is 1.90 bits per heavy atom. The van der Waals surface area contributed by atoms with Gasteiger partial charge < -0.3 is 20.1 Å². The second-order valence-corrected chi connectivity index (χ2v) is 5.45. The molecule has 21 heavy (non-hydrogen) atoms. The smallest absolute Gasteiger partial charge is 0.220 e. The van der Waals surface area contributed by atoms with E-state index in [1.807, 2.05) is 24.3 Å². The molecular formula is C17H20O4. The fourth-order valence-corrected chi connectivity index (χ4v) is 2.19. The third-order valence-corrected chi connectivity index (χ3v) is 3.59. The largest absolute Gasteiger partial charge is 0.508 e. The number of aliphatic hydroxyl groups excluding tert-OH is 2. The predicted molar refractivity (Wildman–Crippen MR) is 80.4 cm³/mol. The Hall–Kier alpha value is -2.04. The summed E-state index contributed by atoms with van der Waals surface area (Å²) in [4.78, 5) is 0. The van der Waals surface area contributed by atoms with Gasteiger partial charge in [-0.15, -0.1) is 0 Å². The van der Waals surface area contributed by atoms with Gasteiger partial charge in [0, 0.05) is 5.41 Å². The van der Waals surface area contributed by atoms with Crippen molar-refractivity contribution in [3.8, 4) is 11.5 Å². The Bertz CT molecular complexity index is 573. The van der Waals surface area contributed by atoms with Gasteiger partial charge in [-0.05, 0) is 35.4 Å². The van der Waals surface area contributed by atoms with E-state index >= 15 is 0 Å². The van der Waals surface area contributed by atoms with Crippen LogP contribution in [0.25, 0.3) is 0 Å². The fourth-order valence-electron chi connectivity index (χ4n) is 2.19. The van der Waals surface area contributed by atoms with E-state index < -0.39 is 12.9 Å². The third kappa shape index (κ3) is 3.54. The molecule has 4 heteroatoms. The van der Waals surface area contributed by atoms with Gasteiger partial charge >= 0.3 is 0 Å². The van der Waals surface area contributed by atoms with Crippen molar-refractivity contribution in [2.45, 2.75) is 25.6 Å². The third-order valence-electron chi connectivity index (χ3n) is 3.59. The fraction of sp³-hybridized carbons (Fsp3) is 0.294. The highest BCUT2D eigenvalue weighted by atomic mass is 16.6. The van der Waals surface area contributed by atoms with E-state index in [0.717, 1.165) is 11.1 Å². The summed E-state index contributed by atoms with van der Waals surface area (Å²) < 4.78 is 5.13. The molecule has 0 aliphatic carbocycles. The molecule has 0 aromatic heterocycles. The summed E-state index contributed by atoms with van der Waals surface area (Å²) >= 11 is 0. The van der Waals surface area contributed by atoms with Gasteiger partial charge in [0.05, 0.1) is 0 Å². The highest BCUT2D eigenvalue weighted by molar-refractivity contribution is 5.41. The van der Waals surface area contributed by atoms with Crippen molar-refractivity contribution in [1.82, 2.24) is 0 Å². The van der Waals surface area contributed by atoms with E-state index in [4.69, 9.17) is 9.84 Å². The van der Waals surface area contributed by atoms with Crippen molar-refractivity contribution in [1.29, 1.82) is 0 Å². The summed E-state index contributed by atoms with van der Waals surface area (Å²) in [7, 11) is 0. The van der Waals surface area contributed by atoms with E-state index in [-0.39, 0.29) is 11.2 Å². The molecule has 2 aromatic carbocycles. The van der Waals surface area contributed by atoms with E-state index in [9.17, 15) is 10.2 Å². The molecular weight excluding hydrogens is 268 g/mol. The molecule has 0 aliphatic heterocycles. The topological polar surface area (TPSA) is 69.9 Å². The van der Waals surface area contributed by atoms with Crippen molar-refractivity contribution in [2.75, 3.05) is 6.61 Å². The maximum absolute atomic E-state index is 9.38. The molecule has 0 saturated heterocycles. The average molecular weight is 288 g/mol. The Kier molecular flexibility index (Phi) is 4.50. The summed E-state index contributed by atoms with van der Waals surface area (Å²) in [6.45, 7) is 3.75. The highest BCUT2D eigenvalue weighted by Crippen LogP contribution is 2.33. The van der Waals surface area contributed by atoms with Crippen molar-refractivity contribution in [3.63, 3.8) is 0 Å². The Morgan fingerprint density at radius 1 is 0.952 bits per heavy atom. The molecule has 112 valence electrons. The molecule has 4 nitrogen and oxygen atoms in total. The number of phenols is 1. The van der Waals surface area contributed by atoms with Crippen LogP contribution in [0, 0.1) is 0 Å². The van der Waals surface area contributed by atoms with Crippen LogP contribution in [0.3, 0.4) is 0 Å². The first-order valence-corrected chi connectivity index (χ1v) is 6.79. The number of aromatic hydroxyl groups is 1. The first kappa shape index (κ1) is 15.4. The normalized spacial score (nSPS) is 13.0. The minimum atomic E-state index is -1.21. The standard InChI is InChI=1S/C17H20O4/c1-17(2,12-3-7-14(19)8-4-12)13-5-9-15(10-6-13)21-16(20)11-18/h3-10,16,18-20H,11H2,1-2H3. The number of ether oxygens (including phenoxy) is 1. The van der Waals surface area contributed by atoms with Crippen molar-refractivity contribution in [3.05, 3.63) is 59.7 Å². The molecule has 0 saturated carbocycles. The molecule has 0 heterocycles. The maximum atomic E-state index is 9.38. The molecule has 0 fully saturated rings. The van der Waals surface area contributed by atoms with Crippen LogP contribution >= 0.6 is 0 Å². The number of phenolic OH excluding ortho intramolecular Hbond substituents is 1.